The summed E-state index contributed by atoms with van der Waals surface area (Å²) in [4.78, 5) is 11.8. The molecule has 78 valence electrons. The Labute approximate surface area is 87.7 Å². The number of nitrogens with zero attached hydrogens (tertiary/aromatic N) is 3. The molecule has 0 N–H and O–H groups in total. The van der Waals surface area contributed by atoms with Gasteiger partial charge in [-0.25, -0.2) is 0 Å². The molecule has 0 unspecified atom stereocenters. The Bertz CT molecular complexity index is 392. The van der Waals surface area contributed by atoms with Gasteiger partial charge in [0.1, 0.15) is 5.69 Å². The maximum atomic E-state index is 11.8. The molecular formula is C9H15N3OS. The van der Waals surface area contributed by atoms with Crippen molar-refractivity contribution >= 4 is 11.8 Å². The quantitative estimate of drug-likeness (QED) is 0.658. The van der Waals surface area contributed by atoms with Crippen LogP contribution in [-0.2, 0) is 12.5 Å². The molecule has 4 nitrogen and oxygen atoms in total. The average Bonchev–Trinajstić information content (AvgIpc) is 2.07. The Morgan fingerprint density at radius 1 is 1.29 bits per heavy atom. The van der Waals surface area contributed by atoms with Crippen LogP contribution >= 0.6 is 11.8 Å². The molecule has 0 saturated heterocycles. The predicted molar refractivity (Wildman–Crippen MR) is 57.8 cm³/mol. The molecule has 0 amide bonds. The average molecular weight is 213 g/mol. The van der Waals surface area contributed by atoms with Crippen molar-refractivity contribution in [3.63, 3.8) is 0 Å². The van der Waals surface area contributed by atoms with Crippen LogP contribution in [0.5, 0.6) is 0 Å². The van der Waals surface area contributed by atoms with E-state index in [9.17, 15) is 4.79 Å². The number of rotatable bonds is 1. The molecule has 5 heteroatoms. The van der Waals surface area contributed by atoms with Gasteiger partial charge < -0.3 is 0 Å². The van der Waals surface area contributed by atoms with Gasteiger partial charge in [0.05, 0.1) is 0 Å². The Morgan fingerprint density at radius 2 is 1.86 bits per heavy atom. The third-order valence-corrected chi connectivity index (χ3v) is 2.64. The summed E-state index contributed by atoms with van der Waals surface area (Å²) in [5, 5.41) is 8.62. The first-order valence-corrected chi connectivity index (χ1v) is 5.58. The fourth-order valence-electron chi connectivity index (χ4n) is 1.10. The SMILES string of the molecule is CSc1nnc(C(C)(C)C)c(=O)n1C. The van der Waals surface area contributed by atoms with Gasteiger partial charge in [0.15, 0.2) is 5.16 Å². The molecule has 1 rings (SSSR count). The van der Waals surface area contributed by atoms with Gasteiger partial charge in [-0.15, -0.1) is 10.2 Å². The molecule has 0 aliphatic carbocycles. The summed E-state index contributed by atoms with van der Waals surface area (Å²) < 4.78 is 1.54. The zero-order valence-electron chi connectivity index (χ0n) is 9.16. The van der Waals surface area contributed by atoms with Gasteiger partial charge in [-0.3, -0.25) is 9.36 Å². The number of hydrogen-bond acceptors (Lipinski definition) is 4. The second-order valence-electron chi connectivity index (χ2n) is 4.15. The zero-order valence-corrected chi connectivity index (χ0v) is 9.97. The highest BCUT2D eigenvalue weighted by atomic mass is 32.2. The molecule has 14 heavy (non-hydrogen) atoms. The smallest absolute Gasteiger partial charge is 0.276 e. The van der Waals surface area contributed by atoms with Gasteiger partial charge in [0.2, 0.25) is 0 Å². The fraction of sp³-hybridized carbons (Fsp3) is 0.667. The highest BCUT2D eigenvalue weighted by Gasteiger charge is 2.21. The van der Waals surface area contributed by atoms with Crippen LogP contribution in [0.25, 0.3) is 0 Å². The molecule has 0 atom stereocenters. The normalized spacial score (nSPS) is 11.8. The van der Waals surface area contributed by atoms with Crippen LogP contribution in [0.2, 0.25) is 0 Å². The van der Waals surface area contributed by atoms with Crippen LogP contribution in [0.3, 0.4) is 0 Å². The minimum atomic E-state index is -0.251. The van der Waals surface area contributed by atoms with Gasteiger partial charge in [-0.2, -0.15) is 0 Å². The molecule has 0 aliphatic rings. The van der Waals surface area contributed by atoms with E-state index >= 15 is 0 Å². The van der Waals surface area contributed by atoms with Crippen LogP contribution in [0.15, 0.2) is 9.95 Å². The van der Waals surface area contributed by atoms with Crippen LogP contribution in [0, 0.1) is 0 Å². The highest BCUT2D eigenvalue weighted by Crippen LogP contribution is 2.16. The van der Waals surface area contributed by atoms with E-state index in [1.807, 2.05) is 27.0 Å². The number of thioether (sulfide) groups is 1. The first-order valence-electron chi connectivity index (χ1n) is 4.36. The van der Waals surface area contributed by atoms with Crippen molar-refractivity contribution in [3.05, 3.63) is 16.0 Å². The summed E-state index contributed by atoms with van der Waals surface area (Å²) in [5.74, 6) is 0. The van der Waals surface area contributed by atoms with Crippen molar-refractivity contribution in [1.29, 1.82) is 0 Å². The van der Waals surface area contributed by atoms with E-state index in [0.717, 1.165) is 0 Å². The maximum absolute atomic E-state index is 11.8. The Morgan fingerprint density at radius 3 is 2.29 bits per heavy atom. The van der Waals surface area contributed by atoms with E-state index in [-0.39, 0.29) is 11.0 Å². The topological polar surface area (TPSA) is 47.8 Å². The first-order chi connectivity index (χ1) is 6.38. The summed E-state index contributed by atoms with van der Waals surface area (Å²) in [6.07, 6.45) is 1.88. The highest BCUT2D eigenvalue weighted by molar-refractivity contribution is 7.98. The van der Waals surface area contributed by atoms with Gasteiger partial charge in [0.25, 0.3) is 5.56 Å². The first kappa shape index (κ1) is 11.2. The van der Waals surface area contributed by atoms with Crippen LogP contribution in [0.1, 0.15) is 26.5 Å². The monoisotopic (exact) mass is 213 g/mol. The van der Waals surface area contributed by atoms with Crippen LogP contribution < -0.4 is 5.56 Å². The molecule has 0 aliphatic heterocycles. The van der Waals surface area contributed by atoms with Crippen molar-refractivity contribution < 1.29 is 0 Å². The van der Waals surface area contributed by atoms with Crippen LogP contribution in [0.4, 0.5) is 0 Å². The fourth-order valence-corrected chi connectivity index (χ4v) is 1.58. The summed E-state index contributed by atoms with van der Waals surface area (Å²) in [6.45, 7) is 5.87. The predicted octanol–water partition coefficient (Wildman–Crippen LogP) is 1.19. The largest absolute Gasteiger partial charge is 0.288 e. The van der Waals surface area contributed by atoms with Crippen molar-refractivity contribution in [1.82, 2.24) is 14.8 Å². The van der Waals surface area contributed by atoms with Crippen molar-refractivity contribution in [3.8, 4) is 0 Å². The minimum Gasteiger partial charge on any atom is -0.288 e. The minimum absolute atomic E-state index is 0.0585. The summed E-state index contributed by atoms with van der Waals surface area (Å²) >= 11 is 1.42. The summed E-state index contributed by atoms with van der Waals surface area (Å²) in [7, 11) is 1.72. The lowest BCUT2D eigenvalue weighted by Crippen LogP contribution is -2.32. The second kappa shape index (κ2) is 3.73. The van der Waals surface area contributed by atoms with E-state index in [1.165, 1.54) is 16.3 Å². The molecule has 0 radical (unpaired) electrons. The van der Waals surface area contributed by atoms with Crippen molar-refractivity contribution in [2.75, 3.05) is 6.26 Å². The third-order valence-electron chi connectivity index (χ3n) is 1.92. The van der Waals surface area contributed by atoms with Gasteiger partial charge in [0, 0.05) is 12.5 Å². The molecule has 1 heterocycles. The van der Waals surface area contributed by atoms with E-state index in [4.69, 9.17) is 0 Å². The lowest BCUT2D eigenvalue weighted by Gasteiger charge is -2.16. The molecular weight excluding hydrogens is 198 g/mol. The van der Waals surface area contributed by atoms with E-state index < -0.39 is 0 Å². The molecule has 0 aromatic carbocycles. The maximum Gasteiger partial charge on any atom is 0.276 e. The zero-order chi connectivity index (χ0) is 10.9. The van der Waals surface area contributed by atoms with E-state index in [0.29, 0.717) is 10.9 Å². The third kappa shape index (κ3) is 1.97. The lowest BCUT2D eigenvalue weighted by molar-refractivity contribution is 0.513. The number of hydrogen-bond donors (Lipinski definition) is 0. The van der Waals surface area contributed by atoms with Gasteiger partial charge >= 0.3 is 0 Å². The molecule has 0 saturated carbocycles. The Balaban J connectivity index is 3.40. The van der Waals surface area contributed by atoms with E-state index in [1.54, 1.807) is 7.05 Å². The number of aromatic nitrogens is 3. The van der Waals surface area contributed by atoms with E-state index in [2.05, 4.69) is 10.2 Å². The standard InChI is InChI=1S/C9H15N3OS/c1-9(2,3)6-7(13)12(4)8(14-5)11-10-6/h1-5H3. The molecule has 1 aromatic heterocycles. The van der Waals surface area contributed by atoms with Crippen molar-refractivity contribution in [2.45, 2.75) is 31.3 Å². The molecule has 0 bridgehead atoms. The Kier molecular flexibility index (Phi) is 2.99. The molecule has 0 fully saturated rings. The molecule has 0 spiro atoms. The molecule has 1 aromatic rings. The van der Waals surface area contributed by atoms with Crippen molar-refractivity contribution in [2.24, 2.45) is 7.05 Å². The second-order valence-corrected chi connectivity index (χ2v) is 4.92. The summed E-state index contributed by atoms with van der Waals surface area (Å²) in [6, 6.07) is 0. The van der Waals surface area contributed by atoms with Crippen LogP contribution in [-0.4, -0.2) is 21.0 Å². The van der Waals surface area contributed by atoms with Gasteiger partial charge in [-0.05, 0) is 6.26 Å². The lowest BCUT2D eigenvalue weighted by atomic mass is 9.93. The van der Waals surface area contributed by atoms with Gasteiger partial charge in [-0.1, -0.05) is 32.5 Å². The Hall–Kier alpha value is -0.840. The summed E-state index contributed by atoms with van der Waals surface area (Å²) in [5.41, 5.74) is 0.202.